The molecule has 17 heavy (non-hydrogen) atoms. The molecule has 0 aliphatic carbocycles. The minimum atomic E-state index is -0.536. The summed E-state index contributed by atoms with van der Waals surface area (Å²) in [5.41, 5.74) is 0.925. The van der Waals surface area contributed by atoms with Crippen LogP contribution in [-0.4, -0.2) is 23.8 Å². The van der Waals surface area contributed by atoms with Crippen LogP contribution in [0.3, 0.4) is 0 Å². The number of hydrogen-bond donors (Lipinski definition) is 2. The fourth-order valence-corrected chi connectivity index (χ4v) is 1.30. The Morgan fingerprint density at radius 2 is 2.18 bits per heavy atom. The minimum Gasteiger partial charge on any atom is -0.445 e. The molecule has 1 rings (SSSR count). The van der Waals surface area contributed by atoms with Gasteiger partial charge in [0, 0.05) is 0 Å². The maximum atomic E-state index is 11.4. The second-order valence-corrected chi connectivity index (χ2v) is 3.52. The molecule has 0 aromatic heterocycles. The van der Waals surface area contributed by atoms with Gasteiger partial charge in [-0.15, -0.1) is 0 Å². The van der Waals surface area contributed by atoms with E-state index in [4.69, 9.17) is 9.84 Å². The molecular weight excluding hydrogens is 218 g/mol. The molecule has 0 aliphatic heterocycles. The second kappa shape index (κ2) is 7.46. The molecule has 0 saturated heterocycles. The van der Waals surface area contributed by atoms with Gasteiger partial charge in [-0.3, -0.25) is 0 Å². The minimum absolute atomic E-state index is 0.148. The van der Waals surface area contributed by atoms with Crippen molar-refractivity contribution in [3.8, 4) is 0 Å². The van der Waals surface area contributed by atoms with Crippen molar-refractivity contribution < 1.29 is 14.6 Å². The van der Waals surface area contributed by atoms with Gasteiger partial charge in [0.1, 0.15) is 6.61 Å². The molecule has 0 fully saturated rings. The van der Waals surface area contributed by atoms with Gasteiger partial charge in [-0.25, -0.2) is 4.79 Å². The van der Waals surface area contributed by atoms with Crippen LogP contribution in [0.15, 0.2) is 42.5 Å². The van der Waals surface area contributed by atoms with Gasteiger partial charge in [0.15, 0.2) is 0 Å². The van der Waals surface area contributed by atoms with Crippen LogP contribution in [0.4, 0.5) is 4.79 Å². The molecule has 0 bridgehead atoms. The molecule has 0 heterocycles. The maximum Gasteiger partial charge on any atom is 0.408 e. The molecule has 1 aromatic carbocycles. The van der Waals surface area contributed by atoms with E-state index in [1.165, 1.54) is 0 Å². The first-order chi connectivity index (χ1) is 8.26. The van der Waals surface area contributed by atoms with Crippen molar-refractivity contribution in [2.75, 3.05) is 6.61 Å². The third kappa shape index (κ3) is 5.17. The lowest BCUT2D eigenvalue weighted by atomic mass is 10.2. The number of benzene rings is 1. The Hall–Kier alpha value is -1.81. The lowest BCUT2D eigenvalue weighted by molar-refractivity contribution is 0.133. The Bertz CT molecular complexity index is 362. The summed E-state index contributed by atoms with van der Waals surface area (Å²) in [4.78, 5) is 11.4. The van der Waals surface area contributed by atoms with Crippen LogP contribution in [0.5, 0.6) is 0 Å². The number of carbonyl (C=O) groups excluding carboxylic acids is 1. The average molecular weight is 235 g/mol. The number of aliphatic hydroxyl groups excluding tert-OH is 1. The molecular formula is C13H17NO3. The average Bonchev–Trinajstić information content (AvgIpc) is 2.37. The standard InChI is InChI=1S/C13H17NO3/c1-2-6-12(9-15)14-13(16)17-10-11-7-4-3-5-8-11/h2-8,12,15H,9-10H2,1H3,(H,14,16)/b6-2-/t12-/m1/s1. The lowest BCUT2D eigenvalue weighted by Crippen LogP contribution is -2.36. The predicted octanol–water partition coefficient (Wildman–Crippen LogP) is 1.85. The quantitative estimate of drug-likeness (QED) is 0.766. The first-order valence-corrected chi connectivity index (χ1v) is 5.47. The van der Waals surface area contributed by atoms with E-state index in [-0.39, 0.29) is 13.2 Å². The van der Waals surface area contributed by atoms with Gasteiger partial charge in [0.2, 0.25) is 0 Å². The van der Waals surface area contributed by atoms with Crippen molar-refractivity contribution in [1.29, 1.82) is 0 Å². The maximum absolute atomic E-state index is 11.4. The Morgan fingerprint density at radius 1 is 1.47 bits per heavy atom. The lowest BCUT2D eigenvalue weighted by Gasteiger charge is -2.12. The first kappa shape index (κ1) is 13.3. The zero-order chi connectivity index (χ0) is 12.5. The monoisotopic (exact) mass is 235 g/mol. The fourth-order valence-electron chi connectivity index (χ4n) is 1.30. The van der Waals surface area contributed by atoms with Crippen LogP contribution in [0, 0.1) is 0 Å². The molecule has 0 spiro atoms. The Morgan fingerprint density at radius 3 is 2.76 bits per heavy atom. The van der Waals surface area contributed by atoms with Crippen LogP contribution in [0.2, 0.25) is 0 Å². The molecule has 0 unspecified atom stereocenters. The summed E-state index contributed by atoms with van der Waals surface area (Å²) >= 11 is 0. The van der Waals surface area contributed by atoms with Crippen LogP contribution in [-0.2, 0) is 11.3 Å². The Kier molecular flexibility index (Phi) is 5.82. The van der Waals surface area contributed by atoms with Crippen molar-refractivity contribution in [3.63, 3.8) is 0 Å². The molecule has 4 nitrogen and oxygen atoms in total. The van der Waals surface area contributed by atoms with Crippen LogP contribution < -0.4 is 5.32 Å². The zero-order valence-corrected chi connectivity index (χ0v) is 9.80. The highest BCUT2D eigenvalue weighted by Gasteiger charge is 2.08. The van der Waals surface area contributed by atoms with Gasteiger partial charge in [-0.05, 0) is 12.5 Å². The normalized spacial score (nSPS) is 12.4. The van der Waals surface area contributed by atoms with E-state index < -0.39 is 12.1 Å². The summed E-state index contributed by atoms with van der Waals surface area (Å²) in [5, 5.41) is 11.5. The molecule has 4 heteroatoms. The van der Waals surface area contributed by atoms with Gasteiger partial charge in [0.05, 0.1) is 12.6 Å². The molecule has 2 N–H and O–H groups in total. The number of rotatable bonds is 5. The predicted molar refractivity (Wildman–Crippen MR) is 65.5 cm³/mol. The van der Waals surface area contributed by atoms with Gasteiger partial charge in [-0.2, -0.15) is 0 Å². The highest BCUT2D eigenvalue weighted by atomic mass is 16.5. The van der Waals surface area contributed by atoms with E-state index >= 15 is 0 Å². The summed E-state index contributed by atoms with van der Waals surface area (Å²) in [6.45, 7) is 1.89. The Balaban J connectivity index is 2.35. The number of amides is 1. The first-order valence-electron chi connectivity index (χ1n) is 5.47. The summed E-state index contributed by atoms with van der Waals surface area (Å²) in [6, 6.07) is 9.02. The van der Waals surface area contributed by atoms with Crippen molar-refractivity contribution in [1.82, 2.24) is 5.32 Å². The molecule has 0 radical (unpaired) electrons. The van der Waals surface area contributed by atoms with E-state index in [2.05, 4.69) is 5.32 Å². The van der Waals surface area contributed by atoms with E-state index in [0.29, 0.717) is 0 Å². The summed E-state index contributed by atoms with van der Waals surface area (Å²) in [7, 11) is 0. The van der Waals surface area contributed by atoms with Gasteiger partial charge in [-0.1, -0.05) is 42.5 Å². The number of allylic oxidation sites excluding steroid dienone is 1. The third-order valence-electron chi connectivity index (χ3n) is 2.14. The van der Waals surface area contributed by atoms with E-state index in [1.54, 1.807) is 12.2 Å². The van der Waals surface area contributed by atoms with Crippen LogP contribution in [0.1, 0.15) is 12.5 Å². The molecule has 0 aliphatic rings. The summed E-state index contributed by atoms with van der Waals surface area (Å²) in [6.07, 6.45) is 2.92. The van der Waals surface area contributed by atoms with Crippen LogP contribution in [0.25, 0.3) is 0 Å². The topological polar surface area (TPSA) is 58.6 Å². The number of ether oxygens (including phenoxy) is 1. The molecule has 1 amide bonds. The smallest absolute Gasteiger partial charge is 0.408 e. The molecule has 1 atom stereocenters. The highest BCUT2D eigenvalue weighted by Crippen LogP contribution is 2.00. The van der Waals surface area contributed by atoms with E-state index in [1.807, 2.05) is 37.3 Å². The van der Waals surface area contributed by atoms with Gasteiger partial charge < -0.3 is 15.2 Å². The van der Waals surface area contributed by atoms with Crippen molar-refractivity contribution in [3.05, 3.63) is 48.0 Å². The van der Waals surface area contributed by atoms with E-state index in [9.17, 15) is 4.79 Å². The summed E-state index contributed by atoms with van der Waals surface area (Å²) < 4.78 is 5.01. The molecule has 92 valence electrons. The Labute approximate surface area is 101 Å². The summed E-state index contributed by atoms with van der Waals surface area (Å²) in [5.74, 6) is 0. The van der Waals surface area contributed by atoms with Gasteiger partial charge in [0.25, 0.3) is 0 Å². The zero-order valence-electron chi connectivity index (χ0n) is 9.80. The third-order valence-corrected chi connectivity index (χ3v) is 2.14. The van der Waals surface area contributed by atoms with E-state index in [0.717, 1.165) is 5.56 Å². The van der Waals surface area contributed by atoms with Crippen molar-refractivity contribution in [2.45, 2.75) is 19.6 Å². The van der Waals surface area contributed by atoms with Crippen molar-refractivity contribution >= 4 is 6.09 Å². The van der Waals surface area contributed by atoms with Crippen molar-refractivity contribution in [2.24, 2.45) is 0 Å². The molecule has 1 aromatic rings. The van der Waals surface area contributed by atoms with Crippen LogP contribution >= 0.6 is 0 Å². The number of aliphatic hydroxyl groups is 1. The number of hydrogen-bond acceptors (Lipinski definition) is 3. The number of carbonyl (C=O) groups is 1. The SMILES string of the molecule is C/C=C\[C@H](CO)NC(=O)OCc1ccccc1. The second-order valence-electron chi connectivity index (χ2n) is 3.52. The largest absolute Gasteiger partial charge is 0.445 e. The van der Waals surface area contributed by atoms with Gasteiger partial charge >= 0.3 is 6.09 Å². The fraction of sp³-hybridized carbons (Fsp3) is 0.308. The number of alkyl carbamates (subject to hydrolysis) is 1. The highest BCUT2D eigenvalue weighted by molar-refractivity contribution is 5.67. The number of nitrogens with one attached hydrogen (secondary N) is 1. The molecule has 0 saturated carbocycles.